The van der Waals surface area contributed by atoms with E-state index in [9.17, 15) is 0 Å². The Labute approximate surface area is 166 Å². The molecule has 1 saturated carbocycles. The van der Waals surface area contributed by atoms with Crippen LogP contribution in [0.1, 0.15) is 54.4 Å². The highest BCUT2D eigenvalue weighted by atomic mass is 32.2. The van der Waals surface area contributed by atoms with Crippen LogP contribution in [0.3, 0.4) is 0 Å². The Morgan fingerprint density at radius 3 is 1.92 bits per heavy atom. The van der Waals surface area contributed by atoms with E-state index in [2.05, 4.69) is 94.7 Å². The van der Waals surface area contributed by atoms with Crippen LogP contribution in [0.5, 0.6) is 0 Å². The molecule has 3 aliphatic rings. The van der Waals surface area contributed by atoms with E-state index < -0.39 is 0 Å². The molecule has 0 radical (unpaired) electrons. The molecule has 3 fully saturated rings. The summed E-state index contributed by atoms with van der Waals surface area (Å²) in [4.78, 5) is 0. The average molecular weight is 401 g/mol. The van der Waals surface area contributed by atoms with Gasteiger partial charge in [-0.25, -0.2) is 0 Å². The van der Waals surface area contributed by atoms with Crippen LogP contribution in [-0.4, -0.2) is 27.1 Å². The first-order valence-corrected chi connectivity index (χ1v) is 13.1. The highest BCUT2D eigenvalue weighted by Gasteiger charge is 2.61. The van der Waals surface area contributed by atoms with Gasteiger partial charge in [-0.2, -0.15) is 0 Å². The summed E-state index contributed by atoms with van der Waals surface area (Å²) in [5, 5.41) is 0. The van der Waals surface area contributed by atoms with E-state index in [1.54, 1.807) is 15.4 Å². The zero-order valence-electron chi connectivity index (χ0n) is 16.0. The third kappa shape index (κ3) is 3.77. The quantitative estimate of drug-likeness (QED) is 0.418. The third-order valence-corrected chi connectivity index (χ3v) is 10.8. The summed E-state index contributed by atoms with van der Waals surface area (Å²) >= 11 is 8.75. The predicted octanol–water partition coefficient (Wildman–Crippen LogP) is 7.28. The largest absolute Gasteiger partial charge is 0.139 e. The summed E-state index contributed by atoms with van der Waals surface area (Å²) in [6.45, 7) is 14.5. The van der Waals surface area contributed by atoms with Crippen molar-refractivity contribution in [2.45, 2.75) is 58.5 Å². The standard InChI is InChI=1S/C20H32S4/c1-18(2,3)13-14-15(17-21-9-7-10-22-17)16(19(4,5)6)20(14)23-11-8-12-24-20/h13,16H,7-12H2,1-6H3/b14-13-. The van der Waals surface area contributed by atoms with Crippen LogP contribution in [0.2, 0.25) is 0 Å². The maximum Gasteiger partial charge on any atom is 0.0934 e. The minimum absolute atomic E-state index is 0.250. The van der Waals surface area contributed by atoms with Crippen molar-refractivity contribution in [2.75, 3.05) is 23.0 Å². The Hall–Kier alpha value is 0.880. The van der Waals surface area contributed by atoms with Gasteiger partial charge in [0.1, 0.15) is 0 Å². The van der Waals surface area contributed by atoms with Crippen molar-refractivity contribution >= 4 is 47.0 Å². The SMILES string of the molecule is CC(C)(C)/C=C1/C(=C2SCCCS2)C(C(C)(C)C)C12SCCCS2. The maximum atomic E-state index is 2.61. The van der Waals surface area contributed by atoms with Crippen molar-refractivity contribution in [1.82, 2.24) is 0 Å². The highest BCUT2D eigenvalue weighted by Crippen LogP contribution is 2.71. The lowest BCUT2D eigenvalue weighted by molar-refractivity contribution is 0.240. The van der Waals surface area contributed by atoms with Gasteiger partial charge in [0.15, 0.2) is 0 Å². The average Bonchev–Trinajstić information content (AvgIpc) is 2.50. The molecule has 2 saturated heterocycles. The number of thioether (sulfide) groups is 4. The first kappa shape index (κ1) is 19.6. The lowest BCUT2D eigenvalue weighted by Gasteiger charge is -2.60. The van der Waals surface area contributed by atoms with Crippen LogP contribution in [0.4, 0.5) is 0 Å². The van der Waals surface area contributed by atoms with Crippen LogP contribution in [-0.2, 0) is 0 Å². The van der Waals surface area contributed by atoms with E-state index in [1.807, 2.05) is 0 Å². The second-order valence-corrected chi connectivity index (χ2v) is 14.6. The molecule has 1 spiro atoms. The van der Waals surface area contributed by atoms with Gasteiger partial charge in [-0.15, -0.1) is 47.0 Å². The summed E-state index contributed by atoms with van der Waals surface area (Å²) < 4.78 is 1.96. The first-order valence-electron chi connectivity index (χ1n) is 9.16. The maximum absolute atomic E-state index is 2.61. The fourth-order valence-corrected chi connectivity index (χ4v) is 10.8. The van der Waals surface area contributed by atoms with Crippen LogP contribution >= 0.6 is 47.0 Å². The Morgan fingerprint density at radius 1 is 0.875 bits per heavy atom. The van der Waals surface area contributed by atoms with Gasteiger partial charge in [0.05, 0.1) is 4.08 Å². The molecule has 136 valence electrons. The van der Waals surface area contributed by atoms with Gasteiger partial charge in [-0.1, -0.05) is 47.6 Å². The molecule has 0 aromatic rings. The lowest BCUT2D eigenvalue weighted by atomic mass is 9.60. The van der Waals surface area contributed by atoms with Gasteiger partial charge < -0.3 is 0 Å². The van der Waals surface area contributed by atoms with Gasteiger partial charge in [0, 0.05) is 10.2 Å². The Bertz CT molecular complexity index is 531. The molecule has 2 heterocycles. The van der Waals surface area contributed by atoms with E-state index in [4.69, 9.17) is 0 Å². The molecule has 1 atom stereocenters. The Morgan fingerprint density at radius 2 is 1.42 bits per heavy atom. The fourth-order valence-electron chi connectivity index (χ4n) is 3.91. The van der Waals surface area contributed by atoms with Crippen LogP contribution in [0, 0.1) is 16.7 Å². The van der Waals surface area contributed by atoms with Gasteiger partial charge in [-0.3, -0.25) is 0 Å². The van der Waals surface area contributed by atoms with Gasteiger partial charge in [0.2, 0.25) is 0 Å². The van der Waals surface area contributed by atoms with Crippen LogP contribution < -0.4 is 0 Å². The second kappa shape index (κ2) is 7.13. The van der Waals surface area contributed by atoms with Gasteiger partial charge >= 0.3 is 0 Å². The third-order valence-electron chi connectivity index (χ3n) is 4.67. The summed E-state index contributed by atoms with van der Waals surface area (Å²) in [6, 6.07) is 0. The molecule has 0 aromatic heterocycles. The lowest BCUT2D eigenvalue weighted by Crippen LogP contribution is -2.54. The molecular formula is C20H32S4. The number of hydrogen-bond acceptors (Lipinski definition) is 4. The van der Waals surface area contributed by atoms with E-state index in [0.29, 0.717) is 15.4 Å². The summed E-state index contributed by atoms with van der Waals surface area (Å²) in [6.07, 6.45) is 5.34. The monoisotopic (exact) mass is 400 g/mol. The Kier molecular flexibility index (Phi) is 5.83. The van der Waals surface area contributed by atoms with Gasteiger partial charge in [0.25, 0.3) is 0 Å². The zero-order valence-corrected chi connectivity index (χ0v) is 19.3. The van der Waals surface area contributed by atoms with Crippen molar-refractivity contribution in [2.24, 2.45) is 16.7 Å². The van der Waals surface area contributed by atoms with Crippen LogP contribution in [0.25, 0.3) is 0 Å². The molecular weight excluding hydrogens is 368 g/mol. The molecule has 0 bridgehead atoms. The topological polar surface area (TPSA) is 0 Å². The first-order chi connectivity index (χ1) is 11.2. The van der Waals surface area contributed by atoms with E-state index in [1.165, 1.54) is 35.9 Å². The van der Waals surface area contributed by atoms with E-state index >= 15 is 0 Å². The van der Waals surface area contributed by atoms with Crippen molar-refractivity contribution in [3.8, 4) is 0 Å². The zero-order chi connectivity index (χ0) is 17.6. The van der Waals surface area contributed by atoms with Crippen molar-refractivity contribution in [3.63, 3.8) is 0 Å². The predicted molar refractivity (Wildman–Crippen MR) is 119 cm³/mol. The normalized spacial score (nSPS) is 29.9. The van der Waals surface area contributed by atoms with E-state index in [0.717, 1.165) is 0 Å². The summed E-state index contributed by atoms with van der Waals surface area (Å²) in [5.41, 5.74) is 3.98. The molecule has 1 unspecified atom stereocenters. The molecule has 2 aliphatic heterocycles. The highest BCUT2D eigenvalue weighted by molar-refractivity contribution is 8.23. The van der Waals surface area contributed by atoms with Crippen molar-refractivity contribution < 1.29 is 0 Å². The molecule has 3 rings (SSSR count). The van der Waals surface area contributed by atoms with Crippen LogP contribution in [0.15, 0.2) is 21.5 Å². The summed E-state index contributed by atoms with van der Waals surface area (Å²) in [7, 11) is 0. The van der Waals surface area contributed by atoms with Crippen molar-refractivity contribution in [3.05, 3.63) is 21.5 Å². The molecule has 4 heteroatoms. The molecule has 24 heavy (non-hydrogen) atoms. The molecule has 0 nitrogen and oxygen atoms in total. The molecule has 0 amide bonds. The molecule has 0 N–H and O–H groups in total. The smallest absolute Gasteiger partial charge is 0.0934 e. The van der Waals surface area contributed by atoms with Gasteiger partial charge in [-0.05, 0) is 57.8 Å². The second-order valence-electron chi connectivity index (χ2n) is 9.19. The number of rotatable bonds is 0. The minimum Gasteiger partial charge on any atom is -0.139 e. The fraction of sp³-hybridized carbons (Fsp3) is 0.800. The molecule has 1 aliphatic carbocycles. The Balaban J connectivity index is 2.11. The number of hydrogen-bond donors (Lipinski definition) is 0. The van der Waals surface area contributed by atoms with Crippen molar-refractivity contribution in [1.29, 1.82) is 0 Å². The molecule has 0 aromatic carbocycles. The minimum atomic E-state index is 0.250. The summed E-state index contributed by atoms with van der Waals surface area (Å²) in [5.74, 6) is 5.94. The van der Waals surface area contributed by atoms with E-state index in [-0.39, 0.29) is 5.41 Å². The number of allylic oxidation sites excluding steroid dienone is 2.